The van der Waals surface area contributed by atoms with E-state index >= 15 is 0 Å². The largest absolute Gasteiger partial charge is 0.462 e. The third-order valence-electron chi connectivity index (χ3n) is 5.21. The Balaban J connectivity index is 1.65. The van der Waals surface area contributed by atoms with Gasteiger partial charge in [-0.1, -0.05) is 6.92 Å². The van der Waals surface area contributed by atoms with Crippen molar-refractivity contribution in [2.45, 2.75) is 59.4 Å². The molecule has 0 aromatic carbocycles. The Hall–Kier alpha value is -2.74. The number of aryl methyl sites for hydroxylation is 4. The number of nitrogens with one attached hydrogen (secondary N) is 1. The molecule has 0 bridgehead atoms. The number of hydrogen-bond acceptors (Lipinski definition) is 6. The Morgan fingerprint density at radius 3 is 2.71 bits per heavy atom. The summed E-state index contributed by atoms with van der Waals surface area (Å²) >= 11 is 0. The number of aromatic nitrogens is 3. The lowest BCUT2D eigenvalue weighted by molar-refractivity contribution is 0.0494. The van der Waals surface area contributed by atoms with Crippen molar-refractivity contribution in [3.8, 4) is 0 Å². The van der Waals surface area contributed by atoms with E-state index in [1.54, 1.807) is 12.1 Å². The molecule has 1 N–H and O–H groups in total. The molecule has 3 heterocycles. The summed E-state index contributed by atoms with van der Waals surface area (Å²) in [5.41, 5.74) is 4.54. The number of carbonyl (C=O) groups is 2. The van der Waals surface area contributed by atoms with Crippen LogP contribution < -0.4 is 5.32 Å². The SMILES string of the molecule is CCc1nn(CCCOC(=O)c2cc(C)nc(C)c2)c2c1C(=O)NCCCOCCC2. The molecule has 0 aliphatic carbocycles. The lowest BCUT2D eigenvalue weighted by Gasteiger charge is -2.10. The van der Waals surface area contributed by atoms with Crippen LogP contribution in [0.2, 0.25) is 0 Å². The van der Waals surface area contributed by atoms with Crippen LogP contribution in [0.25, 0.3) is 0 Å². The number of rotatable bonds is 6. The fraction of sp³-hybridized carbons (Fsp3) is 0.565. The van der Waals surface area contributed by atoms with Crippen molar-refractivity contribution >= 4 is 11.9 Å². The molecule has 0 saturated carbocycles. The van der Waals surface area contributed by atoms with Gasteiger partial charge in [-0.25, -0.2) is 4.79 Å². The molecule has 0 fully saturated rings. The summed E-state index contributed by atoms with van der Waals surface area (Å²) in [6.45, 7) is 8.50. The zero-order valence-electron chi connectivity index (χ0n) is 18.7. The van der Waals surface area contributed by atoms with Gasteiger partial charge in [0, 0.05) is 44.1 Å². The van der Waals surface area contributed by atoms with Gasteiger partial charge in [0.25, 0.3) is 5.91 Å². The molecule has 0 unspecified atom stereocenters. The van der Waals surface area contributed by atoms with Crippen LogP contribution in [0, 0.1) is 13.8 Å². The average molecular weight is 429 g/mol. The predicted octanol–water partition coefficient (Wildman–Crippen LogP) is 2.79. The Labute approximate surface area is 183 Å². The zero-order chi connectivity index (χ0) is 22.2. The summed E-state index contributed by atoms with van der Waals surface area (Å²) < 4.78 is 13.0. The standard InChI is InChI=1S/C23H32N4O4/c1-4-19-21-20(8-5-11-30-12-6-9-24-22(21)28)27(26-19)10-7-13-31-23(29)18-14-16(2)25-17(3)15-18/h14-15H,4-13H2,1-3H3,(H,24,28). The van der Waals surface area contributed by atoms with E-state index in [0.717, 1.165) is 42.0 Å². The molecule has 3 rings (SSSR count). The van der Waals surface area contributed by atoms with Crippen molar-refractivity contribution in [3.63, 3.8) is 0 Å². The molecule has 2 aromatic rings. The van der Waals surface area contributed by atoms with E-state index < -0.39 is 0 Å². The highest BCUT2D eigenvalue weighted by atomic mass is 16.5. The first-order valence-corrected chi connectivity index (χ1v) is 11.1. The van der Waals surface area contributed by atoms with Gasteiger partial charge < -0.3 is 14.8 Å². The van der Waals surface area contributed by atoms with Crippen molar-refractivity contribution in [1.82, 2.24) is 20.1 Å². The first-order valence-electron chi connectivity index (χ1n) is 11.1. The second kappa shape index (κ2) is 11.0. The zero-order valence-corrected chi connectivity index (χ0v) is 18.7. The van der Waals surface area contributed by atoms with Gasteiger partial charge in [0.05, 0.1) is 29.1 Å². The number of carbonyl (C=O) groups excluding carboxylic acids is 2. The summed E-state index contributed by atoms with van der Waals surface area (Å²) in [6, 6.07) is 3.46. The molecule has 0 spiro atoms. The number of fused-ring (bicyclic) bond motifs is 1. The predicted molar refractivity (Wildman–Crippen MR) is 116 cm³/mol. The highest BCUT2D eigenvalue weighted by molar-refractivity contribution is 5.96. The molecule has 8 nitrogen and oxygen atoms in total. The maximum Gasteiger partial charge on any atom is 0.338 e. The normalized spacial score (nSPS) is 15.0. The second-order valence-corrected chi connectivity index (χ2v) is 7.80. The highest BCUT2D eigenvalue weighted by Gasteiger charge is 2.22. The van der Waals surface area contributed by atoms with Crippen LogP contribution >= 0.6 is 0 Å². The van der Waals surface area contributed by atoms with Crippen molar-refractivity contribution < 1.29 is 19.1 Å². The van der Waals surface area contributed by atoms with Crippen molar-refractivity contribution in [3.05, 3.63) is 46.0 Å². The summed E-state index contributed by atoms with van der Waals surface area (Å²) in [7, 11) is 0. The van der Waals surface area contributed by atoms with E-state index in [1.807, 2.05) is 25.5 Å². The van der Waals surface area contributed by atoms with E-state index in [4.69, 9.17) is 14.6 Å². The van der Waals surface area contributed by atoms with Crippen LogP contribution in [0.1, 0.15) is 69.7 Å². The third-order valence-corrected chi connectivity index (χ3v) is 5.21. The van der Waals surface area contributed by atoms with Crippen LogP contribution in [0.15, 0.2) is 12.1 Å². The van der Waals surface area contributed by atoms with E-state index in [2.05, 4.69) is 10.3 Å². The molecule has 1 aliphatic rings. The maximum absolute atomic E-state index is 12.8. The molecule has 0 radical (unpaired) electrons. The van der Waals surface area contributed by atoms with E-state index in [1.165, 1.54) is 0 Å². The van der Waals surface area contributed by atoms with Crippen molar-refractivity contribution in [2.75, 3.05) is 26.4 Å². The van der Waals surface area contributed by atoms with Gasteiger partial charge in [-0.05, 0) is 51.7 Å². The van der Waals surface area contributed by atoms with Crippen LogP contribution in [0.3, 0.4) is 0 Å². The van der Waals surface area contributed by atoms with Gasteiger partial charge >= 0.3 is 5.97 Å². The first kappa shape index (κ1) is 22.9. The van der Waals surface area contributed by atoms with Crippen molar-refractivity contribution in [2.24, 2.45) is 0 Å². The van der Waals surface area contributed by atoms with Gasteiger partial charge in [0.2, 0.25) is 0 Å². The number of hydrogen-bond donors (Lipinski definition) is 1. The molecule has 168 valence electrons. The minimum absolute atomic E-state index is 0.0603. The fourth-order valence-electron chi connectivity index (χ4n) is 3.82. The lowest BCUT2D eigenvalue weighted by Crippen LogP contribution is -2.26. The average Bonchev–Trinajstić information content (AvgIpc) is 3.07. The molecule has 31 heavy (non-hydrogen) atoms. The summed E-state index contributed by atoms with van der Waals surface area (Å²) in [5.74, 6) is -0.408. The molecular weight excluding hydrogens is 396 g/mol. The van der Waals surface area contributed by atoms with Crippen LogP contribution in [0.4, 0.5) is 0 Å². The van der Waals surface area contributed by atoms with Gasteiger partial charge in [-0.3, -0.25) is 14.5 Å². The summed E-state index contributed by atoms with van der Waals surface area (Å²) in [5, 5.41) is 7.68. The Kier molecular flexibility index (Phi) is 8.17. The minimum atomic E-state index is -0.348. The molecule has 8 heteroatoms. The summed E-state index contributed by atoms with van der Waals surface area (Å²) in [6.07, 6.45) is 3.67. The van der Waals surface area contributed by atoms with Crippen LogP contribution in [-0.4, -0.2) is 53.0 Å². The highest BCUT2D eigenvalue weighted by Crippen LogP contribution is 2.19. The molecule has 1 aliphatic heterocycles. The number of pyridine rings is 1. The van der Waals surface area contributed by atoms with Crippen LogP contribution in [-0.2, 0) is 28.9 Å². The fourth-order valence-corrected chi connectivity index (χ4v) is 3.82. The molecule has 0 atom stereocenters. The van der Waals surface area contributed by atoms with E-state index in [9.17, 15) is 9.59 Å². The lowest BCUT2D eigenvalue weighted by atomic mass is 10.1. The van der Waals surface area contributed by atoms with Gasteiger partial charge in [0.15, 0.2) is 0 Å². The maximum atomic E-state index is 12.8. The quantitative estimate of drug-likeness (QED) is 0.562. The summed E-state index contributed by atoms with van der Waals surface area (Å²) in [4.78, 5) is 29.4. The number of esters is 1. The van der Waals surface area contributed by atoms with E-state index in [-0.39, 0.29) is 18.5 Å². The Morgan fingerprint density at radius 1 is 1.23 bits per heavy atom. The van der Waals surface area contributed by atoms with Gasteiger partial charge in [0.1, 0.15) is 0 Å². The molecule has 0 saturated heterocycles. The van der Waals surface area contributed by atoms with Crippen LogP contribution in [0.5, 0.6) is 0 Å². The number of nitrogens with zero attached hydrogens (tertiary/aromatic N) is 3. The minimum Gasteiger partial charge on any atom is -0.462 e. The number of ether oxygens (including phenoxy) is 2. The molecule has 2 aromatic heterocycles. The second-order valence-electron chi connectivity index (χ2n) is 7.80. The smallest absolute Gasteiger partial charge is 0.338 e. The monoisotopic (exact) mass is 428 g/mol. The molecular formula is C23H32N4O4. The third kappa shape index (κ3) is 6.13. The van der Waals surface area contributed by atoms with Gasteiger partial charge in [-0.2, -0.15) is 5.10 Å². The van der Waals surface area contributed by atoms with E-state index in [0.29, 0.717) is 50.3 Å². The molecule has 1 amide bonds. The Morgan fingerprint density at radius 2 is 1.97 bits per heavy atom. The first-order chi connectivity index (χ1) is 15.0. The Bertz CT molecular complexity index is 902. The number of amides is 1. The topological polar surface area (TPSA) is 95.3 Å². The van der Waals surface area contributed by atoms with Gasteiger partial charge in [-0.15, -0.1) is 0 Å². The van der Waals surface area contributed by atoms with Crippen molar-refractivity contribution in [1.29, 1.82) is 0 Å².